The lowest BCUT2D eigenvalue weighted by Gasteiger charge is -2.09. The van der Waals surface area contributed by atoms with E-state index in [2.05, 4.69) is 0 Å². The third-order valence-corrected chi connectivity index (χ3v) is 2.05. The second-order valence-corrected chi connectivity index (χ2v) is 3.18. The van der Waals surface area contributed by atoms with Crippen molar-refractivity contribution >= 4 is 5.97 Å². The molecule has 1 atom stereocenters. The molecule has 1 rings (SSSR count). The number of methoxy groups -OCH3 is 2. The van der Waals surface area contributed by atoms with E-state index < -0.39 is 11.7 Å². The molecule has 1 aliphatic heterocycles. The van der Waals surface area contributed by atoms with E-state index in [-0.39, 0.29) is 5.97 Å². The monoisotopic (exact) mass is 204 g/mol. The predicted octanol–water partition coefficient (Wildman–Crippen LogP) is -0.0201. The van der Waals surface area contributed by atoms with Crippen LogP contribution in [0.25, 0.3) is 0 Å². The van der Waals surface area contributed by atoms with Gasteiger partial charge in [0.15, 0.2) is 11.7 Å². The first-order valence-electron chi connectivity index (χ1n) is 4.52. The van der Waals surface area contributed by atoms with Crippen molar-refractivity contribution in [2.45, 2.75) is 18.6 Å². The number of epoxide rings is 1. The molecule has 5 nitrogen and oxygen atoms in total. The summed E-state index contributed by atoms with van der Waals surface area (Å²) in [5.41, 5.74) is -0.629. The highest BCUT2D eigenvalue weighted by atomic mass is 16.7. The van der Waals surface area contributed by atoms with Gasteiger partial charge < -0.3 is 18.9 Å². The van der Waals surface area contributed by atoms with Crippen LogP contribution < -0.4 is 0 Å². The van der Waals surface area contributed by atoms with Crippen molar-refractivity contribution < 1.29 is 23.7 Å². The van der Waals surface area contributed by atoms with E-state index in [9.17, 15) is 4.79 Å². The Morgan fingerprint density at radius 3 is 2.36 bits per heavy atom. The fraction of sp³-hybridized carbons (Fsp3) is 0.889. The lowest BCUT2D eigenvalue weighted by Crippen LogP contribution is -2.31. The van der Waals surface area contributed by atoms with Crippen LogP contribution in [0.5, 0.6) is 0 Å². The van der Waals surface area contributed by atoms with Crippen LogP contribution in [0.4, 0.5) is 0 Å². The van der Waals surface area contributed by atoms with Gasteiger partial charge in [-0.3, -0.25) is 0 Å². The summed E-state index contributed by atoms with van der Waals surface area (Å²) in [5.74, 6) is -0.346. The largest absolute Gasteiger partial charge is 0.464 e. The SMILES string of the molecule is CCOC(=O)C1OC1(COC)COC. The second kappa shape index (κ2) is 4.72. The number of esters is 1. The Kier molecular flexibility index (Phi) is 3.86. The van der Waals surface area contributed by atoms with E-state index in [1.165, 1.54) is 0 Å². The van der Waals surface area contributed by atoms with Gasteiger partial charge in [0.1, 0.15) is 0 Å². The normalized spacial score (nSPS) is 23.2. The van der Waals surface area contributed by atoms with Crippen molar-refractivity contribution in [2.24, 2.45) is 0 Å². The van der Waals surface area contributed by atoms with Gasteiger partial charge in [0, 0.05) is 14.2 Å². The molecule has 14 heavy (non-hydrogen) atoms. The van der Waals surface area contributed by atoms with Crippen LogP contribution in [-0.4, -0.2) is 51.7 Å². The molecule has 82 valence electrons. The van der Waals surface area contributed by atoms with Crippen LogP contribution in [0.3, 0.4) is 0 Å². The van der Waals surface area contributed by atoms with E-state index in [1.807, 2.05) is 0 Å². The quantitative estimate of drug-likeness (QED) is 0.449. The molecule has 1 aliphatic rings. The fourth-order valence-corrected chi connectivity index (χ4v) is 1.43. The van der Waals surface area contributed by atoms with Gasteiger partial charge in [0.2, 0.25) is 0 Å². The Morgan fingerprint density at radius 1 is 1.36 bits per heavy atom. The number of carbonyl (C=O) groups excluding carboxylic acids is 1. The van der Waals surface area contributed by atoms with Crippen molar-refractivity contribution in [3.05, 3.63) is 0 Å². The number of rotatable bonds is 6. The minimum absolute atomic E-state index is 0.338. The van der Waals surface area contributed by atoms with E-state index in [4.69, 9.17) is 18.9 Å². The van der Waals surface area contributed by atoms with Gasteiger partial charge in [0.05, 0.1) is 19.8 Å². The summed E-state index contributed by atoms with van der Waals surface area (Å²) < 4.78 is 20.0. The molecule has 0 aromatic rings. The molecule has 0 bridgehead atoms. The van der Waals surface area contributed by atoms with Crippen molar-refractivity contribution in [1.29, 1.82) is 0 Å². The maximum Gasteiger partial charge on any atom is 0.338 e. The zero-order chi connectivity index (χ0) is 10.6. The molecule has 1 unspecified atom stereocenters. The highest BCUT2D eigenvalue weighted by molar-refractivity contribution is 5.79. The van der Waals surface area contributed by atoms with Gasteiger partial charge in [0.25, 0.3) is 0 Å². The molecular weight excluding hydrogens is 188 g/mol. The molecule has 0 radical (unpaired) electrons. The Hall–Kier alpha value is -0.650. The summed E-state index contributed by atoms with van der Waals surface area (Å²) in [6.45, 7) is 2.79. The molecule has 0 spiro atoms. The summed E-state index contributed by atoms with van der Waals surface area (Å²) in [6.07, 6.45) is -0.539. The number of ether oxygens (including phenoxy) is 4. The highest BCUT2D eigenvalue weighted by Gasteiger charge is 2.62. The number of carbonyl (C=O) groups is 1. The smallest absolute Gasteiger partial charge is 0.338 e. The highest BCUT2D eigenvalue weighted by Crippen LogP contribution is 2.37. The van der Waals surface area contributed by atoms with E-state index in [0.29, 0.717) is 19.8 Å². The second-order valence-electron chi connectivity index (χ2n) is 3.18. The Morgan fingerprint density at radius 2 is 1.93 bits per heavy atom. The van der Waals surface area contributed by atoms with Crippen LogP contribution in [0.1, 0.15) is 6.92 Å². The summed E-state index contributed by atoms with van der Waals surface area (Å²) in [5, 5.41) is 0. The van der Waals surface area contributed by atoms with Gasteiger partial charge in [-0.1, -0.05) is 0 Å². The minimum atomic E-state index is -0.629. The number of hydrogen-bond donors (Lipinski definition) is 0. The summed E-state index contributed by atoms with van der Waals surface area (Å²) in [7, 11) is 3.11. The Labute approximate surface area is 83.3 Å². The predicted molar refractivity (Wildman–Crippen MR) is 48.0 cm³/mol. The molecule has 1 heterocycles. The van der Waals surface area contributed by atoms with Crippen LogP contribution in [0.2, 0.25) is 0 Å². The minimum Gasteiger partial charge on any atom is -0.464 e. The van der Waals surface area contributed by atoms with Gasteiger partial charge >= 0.3 is 5.97 Å². The molecule has 5 heteroatoms. The molecule has 0 saturated carbocycles. The first-order chi connectivity index (χ1) is 6.70. The molecular formula is C9H16O5. The maximum atomic E-state index is 11.3. The third kappa shape index (κ3) is 2.23. The van der Waals surface area contributed by atoms with Crippen LogP contribution in [0, 0.1) is 0 Å². The first-order valence-corrected chi connectivity index (χ1v) is 4.52. The molecule has 0 amide bonds. The Bertz CT molecular complexity index is 197. The topological polar surface area (TPSA) is 57.3 Å². The molecule has 1 saturated heterocycles. The number of hydrogen-bond acceptors (Lipinski definition) is 5. The van der Waals surface area contributed by atoms with Crippen LogP contribution in [0.15, 0.2) is 0 Å². The van der Waals surface area contributed by atoms with Crippen LogP contribution in [-0.2, 0) is 23.7 Å². The van der Waals surface area contributed by atoms with E-state index >= 15 is 0 Å². The van der Waals surface area contributed by atoms with Crippen molar-refractivity contribution in [1.82, 2.24) is 0 Å². The Balaban J connectivity index is 2.47. The average Bonchev–Trinajstić information content (AvgIpc) is 2.81. The molecule has 0 aliphatic carbocycles. The van der Waals surface area contributed by atoms with E-state index in [0.717, 1.165) is 0 Å². The maximum absolute atomic E-state index is 11.3. The van der Waals surface area contributed by atoms with Crippen molar-refractivity contribution in [3.63, 3.8) is 0 Å². The van der Waals surface area contributed by atoms with Crippen LogP contribution >= 0.6 is 0 Å². The molecule has 1 fully saturated rings. The molecule has 0 N–H and O–H groups in total. The van der Waals surface area contributed by atoms with Gasteiger partial charge in [-0.25, -0.2) is 4.79 Å². The summed E-state index contributed by atoms with van der Waals surface area (Å²) >= 11 is 0. The molecule has 0 aromatic carbocycles. The molecule has 0 aromatic heterocycles. The van der Waals surface area contributed by atoms with E-state index in [1.54, 1.807) is 21.1 Å². The average molecular weight is 204 g/mol. The lowest BCUT2D eigenvalue weighted by molar-refractivity contribution is -0.144. The zero-order valence-electron chi connectivity index (χ0n) is 8.74. The van der Waals surface area contributed by atoms with Gasteiger partial charge in [-0.2, -0.15) is 0 Å². The first kappa shape index (κ1) is 11.4. The van der Waals surface area contributed by atoms with Crippen molar-refractivity contribution in [2.75, 3.05) is 34.0 Å². The van der Waals surface area contributed by atoms with Gasteiger partial charge in [-0.15, -0.1) is 0 Å². The standard InChI is InChI=1S/C9H16O5/c1-4-13-8(10)7-9(14-7,5-11-2)6-12-3/h7H,4-6H2,1-3H3. The van der Waals surface area contributed by atoms with Gasteiger partial charge in [-0.05, 0) is 6.92 Å². The van der Waals surface area contributed by atoms with Crippen molar-refractivity contribution in [3.8, 4) is 0 Å². The lowest BCUT2D eigenvalue weighted by atomic mass is 10.1. The summed E-state index contributed by atoms with van der Waals surface area (Å²) in [4.78, 5) is 11.3. The third-order valence-electron chi connectivity index (χ3n) is 2.05. The fourth-order valence-electron chi connectivity index (χ4n) is 1.43. The zero-order valence-corrected chi connectivity index (χ0v) is 8.74. The summed E-state index contributed by atoms with van der Waals surface area (Å²) in [6, 6.07) is 0.